The van der Waals surface area contributed by atoms with Gasteiger partial charge in [-0.05, 0) is 61.2 Å². The first-order valence-corrected chi connectivity index (χ1v) is 9.95. The van der Waals surface area contributed by atoms with E-state index in [4.69, 9.17) is 5.14 Å². The molecule has 0 bridgehead atoms. The standard InChI is InChI=1S/C19H23N3O4S/c1-13-3-6-16(11-14(13)2)19(24)22-12-18(23)21-10-9-15-4-7-17(8-5-15)27(20,25)26/h3-8,11H,9-10,12H2,1-2H3,(H,21,23)(H,22,24)(H2,20,25,26). The van der Waals surface area contributed by atoms with Gasteiger partial charge in [-0.3, -0.25) is 9.59 Å². The zero-order valence-electron chi connectivity index (χ0n) is 15.3. The second-order valence-corrected chi connectivity index (χ2v) is 7.83. The Bertz CT molecular complexity index is 938. The summed E-state index contributed by atoms with van der Waals surface area (Å²) < 4.78 is 22.4. The molecule has 0 fully saturated rings. The van der Waals surface area contributed by atoms with E-state index < -0.39 is 10.0 Å². The lowest BCUT2D eigenvalue weighted by Crippen LogP contribution is -2.37. The number of hydrogen-bond donors (Lipinski definition) is 3. The molecule has 8 heteroatoms. The number of amides is 2. The van der Waals surface area contributed by atoms with Gasteiger partial charge in [0.05, 0.1) is 11.4 Å². The molecule has 0 atom stereocenters. The molecule has 2 aromatic carbocycles. The number of nitrogens with one attached hydrogen (secondary N) is 2. The van der Waals surface area contributed by atoms with Crippen molar-refractivity contribution in [1.82, 2.24) is 10.6 Å². The number of aryl methyl sites for hydroxylation is 2. The molecule has 4 N–H and O–H groups in total. The minimum Gasteiger partial charge on any atom is -0.354 e. The Balaban J connectivity index is 1.76. The van der Waals surface area contributed by atoms with Crippen LogP contribution in [0.1, 0.15) is 27.0 Å². The van der Waals surface area contributed by atoms with Gasteiger partial charge >= 0.3 is 0 Å². The van der Waals surface area contributed by atoms with Gasteiger partial charge in [-0.2, -0.15) is 0 Å². The molecule has 0 heterocycles. The molecule has 0 aliphatic rings. The number of nitrogens with two attached hydrogens (primary N) is 1. The molecule has 0 aliphatic carbocycles. The first-order valence-electron chi connectivity index (χ1n) is 8.41. The maximum absolute atomic E-state index is 12.1. The lowest BCUT2D eigenvalue weighted by Gasteiger charge is -2.08. The van der Waals surface area contributed by atoms with Crippen molar-refractivity contribution in [1.29, 1.82) is 0 Å². The molecule has 2 aromatic rings. The monoisotopic (exact) mass is 389 g/mol. The van der Waals surface area contributed by atoms with Crippen LogP contribution in [0.5, 0.6) is 0 Å². The van der Waals surface area contributed by atoms with E-state index in [1.807, 2.05) is 19.9 Å². The summed E-state index contributed by atoms with van der Waals surface area (Å²) in [7, 11) is -3.71. The van der Waals surface area contributed by atoms with Crippen LogP contribution in [0.4, 0.5) is 0 Å². The van der Waals surface area contributed by atoms with Crippen molar-refractivity contribution in [3.8, 4) is 0 Å². The maximum Gasteiger partial charge on any atom is 0.251 e. The first kappa shape index (κ1) is 20.6. The highest BCUT2D eigenvalue weighted by atomic mass is 32.2. The van der Waals surface area contributed by atoms with Gasteiger partial charge in [0.25, 0.3) is 5.91 Å². The van der Waals surface area contributed by atoms with Crippen LogP contribution in [-0.2, 0) is 21.2 Å². The summed E-state index contributed by atoms with van der Waals surface area (Å²) in [6, 6.07) is 11.5. The second-order valence-electron chi connectivity index (χ2n) is 6.27. The van der Waals surface area contributed by atoms with Crippen molar-refractivity contribution in [2.24, 2.45) is 5.14 Å². The fourth-order valence-corrected chi connectivity index (χ4v) is 2.92. The molecule has 0 radical (unpaired) electrons. The van der Waals surface area contributed by atoms with E-state index >= 15 is 0 Å². The van der Waals surface area contributed by atoms with Crippen LogP contribution >= 0.6 is 0 Å². The molecule has 0 unspecified atom stereocenters. The lowest BCUT2D eigenvalue weighted by molar-refractivity contribution is -0.120. The van der Waals surface area contributed by atoms with E-state index in [2.05, 4.69) is 10.6 Å². The van der Waals surface area contributed by atoms with Crippen LogP contribution in [0.3, 0.4) is 0 Å². The molecule has 27 heavy (non-hydrogen) atoms. The molecular weight excluding hydrogens is 366 g/mol. The zero-order chi connectivity index (χ0) is 20.0. The molecule has 2 rings (SSSR count). The van der Waals surface area contributed by atoms with Gasteiger partial charge in [0, 0.05) is 12.1 Å². The van der Waals surface area contributed by atoms with Gasteiger partial charge in [0.2, 0.25) is 15.9 Å². The third kappa shape index (κ3) is 6.19. The molecule has 0 aliphatic heterocycles. The van der Waals surface area contributed by atoms with E-state index in [0.717, 1.165) is 16.7 Å². The third-order valence-electron chi connectivity index (χ3n) is 4.17. The summed E-state index contributed by atoms with van der Waals surface area (Å²) in [6.07, 6.45) is 0.530. The molecule has 2 amide bonds. The van der Waals surface area contributed by atoms with Crippen molar-refractivity contribution in [2.45, 2.75) is 25.2 Å². The van der Waals surface area contributed by atoms with E-state index in [0.29, 0.717) is 18.5 Å². The van der Waals surface area contributed by atoms with E-state index in [1.54, 1.807) is 24.3 Å². The number of rotatable bonds is 7. The van der Waals surface area contributed by atoms with Crippen molar-refractivity contribution in [3.63, 3.8) is 0 Å². The van der Waals surface area contributed by atoms with Crippen molar-refractivity contribution in [2.75, 3.05) is 13.1 Å². The fraction of sp³-hybridized carbons (Fsp3) is 0.263. The van der Waals surface area contributed by atoms with E-state index in [9.17, 15) is 18.0 Å². The van der Waals surface area contributed by atoms with E-state index in [-0.39, 0.29) is 23.3 Å². The smallest absolute Gasteiger partial charge is 0.251 e. The highest BCUT2D eigenvalue weighted by Gasteiger charge is 2.09. The molecule has 0 aromatic heterocycles. The fourth-order valence-electron chi connectivity index (χ4n) is 2.40. The summed E-state index contributed by atoms with van der Waals surface area (Å²) in [5.74, 6) is -0.597. The molecule has 7 nitrogen and oxygen atoms in total. The molecule has 144 valence electrons. The largest absolute Gasteiger partial charge is 0.354 e. The van der Waals surface area contributed by atoms with Crippen molar-refractivity contribution < 1.29 is 18.0 Å². The van der Waals surface area contributed by atoms with Crippen molar-refractivity contribution in [3.05, 3.63) is 64.7 Å². The highest BCUT2D eigenvalue weighted by Crippen LogP contribution is 2.10. The average Bonchev–Trinajstić information content (AvgIpc) is 2.61. The summed E-state index contributed by atoms with van der Waals surface area (Å²) in [4.78, 5) is 24.0. The van der Waals surface area contributed by atoms with E-state index in [1.165, 1.54) is 12.1 Å². The summed E-state index contributed by atoms with van der Waals surface area (Å²) in [6.45, 7) is 4.14. The normalized spacial score (nSPS) is 11.1. The summed E-state index contributed by atoms with van der Waals surface area (Å²) in [5, 5.41) is 10.3. The maximum atomic E-state index is 12.1. The van der Waals surface area contributed by atoms with Crippen LogP contribution in [-0.4, -0.2) is 33.3 Å². The van der Waals surface area contributed by atoms with Crippen LogP contribution < -0.4 is 15.8 Å². The number of sulfonamides is 1. The number of carbonyl (C=O) groups is 2. The third-order valence-corrected chi connectivity index (χ3v) is 5.10. The molecular formula is C19H23N3O4S. The van der Waals surface area contributed by atoms with Gasteiger partial charge in [-0.1, -0.05) is 18.2 Å². The van der Waals surface area contributed by atoms with Gasteiger partial charge in [-0.25, -0.2) is 13.6 Å². The minimum absolute atomic E-state index is 0.0457. The lowest BCUT2D eigenvalue weighted by atomic mass is 10.1. The van der Waals surface area contributed by atoms with Crippen LogP contribution in [0, 0.1) is 13.8 Å². The summed E-state index contributed by atoms with van der Waals surface area (Å²) in [5.41, 5.74) is 3.49. The highest BCUT2D eigenvalue weighted by molar-refractivity contribution is 7.89. The number of hydrogen-bond acceptors (Lipinski definition) is 4. The molecule has 0 saturated carbocycles. The number of carbonyl (C=O) groups excluding carboxylic acids is 2. The first-order chi connectivity index (χ1) is 12.7. The Morgan fingerprint density at radius 3 is 2.22 bits per heavy atom. The van der Waals surface area contributed by atoms with Gasteiger partial charge in [0.1, 0.15) is 0 Å². The van der Waals surface area contributed by atoms with Gasteiger partial charge in [-0.15, -0.1) is 0 Å². The van der Waals surface area contributed by atoms with Gasteiger partial charge < -0.3 is 10.6 Å². The Hall–Kier alpha value is -2.71. The second kappa shape index (κ2) is 8.79. The Morgan fingerprint density at radius 2 is 1.63 bits per heavy atom. The number of benzene rings is 2. The molecule has 0 saturated heterocycles. The Labute approximate surface area is 159 Å². The van der Waals surface area contributed by atoms with Crippen LogP contribution in [0.2, 0.25) is 0 Å². The molecule has 0 spiro atoms. The van der Waals surface area contributed by atoms with Crippen molar-refractivity contribution >= 4 is 21.8 Å². The predicted molar refractivity (Wildman–Crippen MR) is 103 cm³/mol. The van der Waals surface area contributed by atoms with Crippen LogP contribution in [0.15, 0.2) is 47.4 Å². The Morgan fingerprint density at radius 1 is 0.963 bits per heavy atom. The SMILES string of the molecule is Cc1ccc(C(=O)NCC(=O)NCCc2ccc(S(N)(=O)=O)cc2)cc1C. The quantitative estimate of drug-likeness (QED) is 0.655. The minimum atomic E-state index is -3.71. The predicted octanol–water partition coefficient (Wildman–Crippen LogP) is 1.04. The number of primary sulfonamides is 1. The average molecular weight is 389 g/mol. The van der Waals surface area contributed by atoms with Gasteiger partial charge in [0.15, 0.2) is 0 Å². The van der Waals surface area contributed by atoms with Crippen LogP contribution in [0.25, 0.3) is 0 Å². The summed E-state index contributed by atoms with van der Waals surface area (Å²) >= 11 is 0. The Kier molecular flexibility index (Phi) is 6.70. The zero-order valence-corrected chi connectivity index (χ0v) is 16.1. The topological polar surface area (TPSA) is 118 Å².